The second kappa shape index (κ2) is 4.11. The fourth-order valence-electron chi connectivity index (χ4n) is 2.90. The van der Waals surface area contributed by atoms with E-state index >= 15 is 0 Å². The third-order valence-corrected chi connectivity index (χ3v) is 4.29. The molecule has 1 aromatic heterocycles. The van der Waals surface area contributed by atoms with Crippen LogP contribution < -0.4 is 0 Å². The van der Waals surface area contributed by atoms with E-state index in [1.807, 2.05) is 16.8 Å². The minimum absolute atomic E-state index is 0.153. The van der Waals surface area contributed by atoms with Crippen molar-refractivity contribution in [2.75, 3.05) is 6.54 Å². The van der Waals surface area contributed by atoms with Crippen LogP contribution in [0.5, 0.6) is 0 Å². The fourth-order valence-corrected chi connectivity index (χ4v) is 2.90. The Morgan fingerprint density at radius 3 is 2.79 bits per heavy atom. The van der Waals surface area contributed by atoms with Gasteiger partial charge in [0, 0.05) is 18.8 Å². The second-order valence-electron chi connectivity index (χ2n) is 5.67. The number of carbonyl (C=O) groups is 2. The topological polar surface area (TPSA) is 62.5 Å². The maximum absolute atomic E-state index is 12.6. The monoisotopic (exact) mass is 262 g/mol. The smallest absolute Gasteiger partial charge is 0.329 e. The summed E-state index contributed by atoms with van der Waals surface area (Å²) in [6.45, 7) is 2.17. The van der Waals surface area contributed by atoms with Gasteiger partial charge >= 0.3 is 5.97 Å². The Balaban J connectivity index is 1.91. The molecule has 5 nitrogen and oxygen atoms in total. The first-order valence-electron chi connectivity index (χ1n) is 6.76. The summed E-state index contributed by atoms with van der Waals surface area (Å²) in [5.74, 6) is -1.07. The highest BCUT2D eigenvalue weighted by Gasteiger charge is 2.46. The number of likely N-dealkylation sites (tertiary alicyclic amines) is 1. The molecule has 0 aromatic carbocycles. The first-order chi connectivity index (χ1) is 9.04. The molecule has 0 bridgehead atoms. The number of aliphatic carboxylic acids is 1. The largest absolute Gasteiger partial charge is 0.480 e. The van der Waals surface area contributed by atoms with Gasteiger partial charge in [-0.25, -0.2) is 4.79 Å². The molecule has 1 saturated carbocycles. The summed E-state index contributed by atoms with van der Waals surface area (Å²) in [6.07, 6.45) is 5.40. The van der Waals surface area contributed by atoms with Gasteiger partial charge in [0.25, 0.3) is 5.91 Å². The number of carboxylic acids is 1. The molecule has 1 atom stereocenters. The lowest BCUT2D eigenvalue weighted by molar-refractivity contribution is -0.147. The number of hydrogen-bond donors (Lipinski definition) is 1. The van der Waals surface area contributed by atoms with E-state index in [4.69, 9.17) is 0 Å². The zero-order valence-electron chi connectivity index (χ0n) is 11.0. The van der Waals surface area contributed by atoms with Crippen LogP contribution in [0.3, 0.4) is 0 Å². The van der Waals surface area contributed by atoms with Crippen LogP contribution in [0.4, 0.5) is 0 Å². The predicted octanol–water partition coefficient (Wildman–Crippen LogP) is 1.90. The summed E-state index contributed by atoms with van der Waals surface area (Å²) in [5.41, 5.74) is -0.438. The number of hydrogen-bond acceptors (Lipinski definition) is 2. The highest BCUT2D eigenvalue weighted by Crippen LogP contribution is 2.37. The van der Waals surface area contributed by atoms with Crippen molar-refractivity contribution in [3.63, 3.8) is 0 Å². The third-order valence-electron chi connectivity index (χ3n) is 4.29. The molecule has 19 heavy (non-hydrogen) atoms. The highest BCUT2D eigenvalue weighted by molar-refractivity contribution is 5.97. The third kappa shape index (κ3) is 1.84. The number of amides is 1. The molecule has 5 heteroatoms. The van der Waals surface area contributed by atoms with Gasteiger partial charge < -0.3 is 14.6 Å². The Bertz CT molecular complexity index is 533. The summed E-state index contributed by atoms with van der Waals surface area (Å²) in [7, 11) is 0. The predicted molar refractivity (Wildman–Crippen MR) is 69.0 cm³/mol. The Morgan fingerprint density at radius 2 is 2.16 bits per heavy atom. The van der Waals surface area contributed by atoms with Crippen LogP contribution in [-0.4, -0.2) is 38.5 Å². The van der Waals surface area contributed by atoms with Crippen LogP contribution >= 0.6 is 0 Å². The minimum atomic E-state index is -1.06. The van der Waals surface area contributed by atoms with E-state index in [9.17, 15) is 14.7 Å². The molecule has 1 N–H and O–H groups in total. The maximum atomic E-state index is 12.6. The van der Waals surface area contributed by atoms with Gasteiger partial charge in [-0.2, -0.15) is 0 Å². The maximum Gasteiger partial charge on any atom is 0.329 e. The Labute approximate surface area is 111 Å². The van der Waals surface area contributed by atoms with Crippen LogP contribution in [-0.2, 0) is 4.79 Å². The van der Waals surface area contributed by atoms with Gasteiger partial charge in [-0.15, -0.1) is 0 Å². The van der Waals surface area contributed by atoms with Crippen LogP contribution in [0.25, 0.3) is 0 Å². The average Bonchev–Trinajstić information content (AvgIpc) is 2.96. The number of carbonyl (C=O) groups excluding carboxylic acids is 1. The van der Waals surface area contributed by atoms with Gasteiger partial charge in [-0.05, 0) is 44.7 Å². The Morgan fingerprint density at radius 1 is 1.42 bits per heavy atom. The molecule has 3 rings (SSSR count). The molecule has 2 aliphatic rings. The molecule has 1 saturated heterocycles. The fraction of sp³-hybridized carbons (Fsp3) is 0.571. The van der Waals surface area contributed by atoms with Gasteiger partial charge in [-0.3, -0.25) is 4.79 Å². The first-order valence-corrected chi connectivity index (χ1v) is 6.76. The first kappa shape index (κ1) is 12.3. The van der Waals surface area contributed by atoms with Crippen LogP contribution in [0.1, 0.15) is 49.1 Å². The normalized spacial score (nSPS) is 26.7. The molecule has 2 fully saturated rings. The minimum Gasteiger partial charge on any atom is -0.480 e. The lowest BCUT2D eigenvalue weighted by Gasteiger charge is -2.31. The van der Waals surface area contributed by atoms with E-state index in [1.165, 1.54) is 4.90 Å². The highest BCUT2D eigenvalue weighted by atomic mass is 16.4. The van der Waals surface area contributed by atoms with Gasteiger partial charge in [0.1, 0.15) is 11.2 Å². The number of aromatic nitrogens is 1. The van der Waals surface area contributed by atoms with E-state index in [-0.39, 0.29) is 5.91 Å². The number of rotatable bonds is 3. The van der Waals surface area contributed by atoms with Gasteiger partial charge in [-0.1, -0.05) is 0 Å². The quantitative estimate of drug-likeness (QED) is 0.905. The van der Waals surface area contributed by atoms with Crippen LogP contribution in [0.2, 0.25) is 0 Å². The molecule has 1 amide bonds. The summed E-state index contributed by atoms with van der Waals surface area (Å²) in [6, 6.07) is 4.08. The zero-order valence-corrected chi connectivity index (χ0v) is 11.0. The summed E-state index contributed by atoms with van der Waals surface area (Å²) < 4.78 is 1.99. The molecule has 1 unspecified atom stereocenters. The lowest BCUT2D eigenvalue weighted by atomic mass is 9.99. The Kier molecular flexibility index (Phi) is 2.66. The molecule has 102 valence electrons. The molecular weight excluding hydrogens is 244 g/mol. The van der Waals surface area contributed by atoms with Gasteiger partial charge in [0.2, 0.25) is 0 Å². The van der Waals surface area contributed by atoms with Gasteiger partial charge in [0.15, 0.2) is 0 Å². The molecule has 0 spiro atoms. The van der Waals surface area contributed by atoms with Crippen molar-refractivity contribution < 1.29 is 14.7 Å². The van der Waals surface area contributed by atoms with E-state index < -0.39 is 11.5 Å². The molecular formula is C14H18N2O3. The average molecular weight is 262 g/mol. The van der Waals surface area contributed by atoms with E-state index in [1.54, 1.807) is 13.0 Å². The van der Waals surface area contributed by atoms with Crippen molar-refractivity contribution >= 4 is 11.9 Å². The molecule has 2 heterocycles. The van der Waals surface area contributed by atoms with Crippen molar-refractivity contribution in [3.05, 3.63) is 24.0 Å². The second-order valence-corrected chi connectivity index (χ2v) is 5.67. The van der Waals surface area contributed by atoms with Crippen molar-refractivity contribution in [1.29, 1.82) is 0 Å². The summed E-state index contributed by atoms with van der Waals surface area (Å²) in [4.78, 5) is 25.6. The van der Waals surface area contributed by atoms with Crippen molar-refractivity contribution in [2.45, 2.75) is 44.2 Å². The van der Waals surface area contributed by atoms with E-state index in [0.29, 0.717) is 24.7 Å². The van der Waals surface area contributed by atoms with Crippen LogP contribution in [0, 0.1) is 0 Å². The van der Waals surface area contributed by atoms with Crippen molar-refractivity contribution in [1.82, 2.24) is 9.47 Å². The summed E-state index contributed by atoms with van der Waals surface area (Å²) >= 11 is 0. The number of carboxylic acid groups (broad SMARTS) is 1. The van der Waals surface area contributed by atoms with Gasteiger partial charge in [0.05, 0.1) is 0 Å². The lowest BCUT2D eigenvalue weighted by Crippen LogP contribution is -2.51. The Hall–Kier alpha value is -1.78. The number of nitrogens with zero attached hydrogens (tertiary/aromatic N) is 2. The molecule has 1 aromatic rings. The van der Waals surface area contributed by atoms with Crippen molar-refractivity contribution in [3.8, 4) is 0 Å². The standard InChI is InChI=1S/C14H18N2O3/c1-14(13(18)19)7-3-9-16(14)12(17)11-4-2-8-15(11)10-5-6-10/h2,4,8,10H,3,5-7,9H2,1H3,(H,18,19). The zero-order chi connectivity index (χ0) is 13.6. The van der Waals surface area contributed by atoms with E-state index in [0.717, 1.165) is 19.3 Å². The molecule has 0 radical (unpaired) electrons. The molecule has 1 aliphatic carbocycles. The molecule has 1 aliphatic heterocycles. The summed E-state index contributed by atoms with van der Waals surface area (Å²) in [5, 5.41) is 9.38. The van der Waals surface area contributed by atoms with Crippen molar-refractivity contribution in [2.24, 2.45) is 0 Å². The van der Waals surface area contributed by atoms with Crippen LogP contribution in [0.15, 0.2) is 18.3 Å². The van der Waals surface area contributed by atoms with E-state index in [2.05, 4.69) is 0 Å². The SMILES string of the molecule is CC1(C(=O)O)CCCN1C(=O)c1cccn1C1CC1.